The second-order valence-electron chi connectivity index (χ2n) is 4.65. The van der Waals surface area contributed by atoms with E-state index in [4.69, 9.17) is 0 Å². The van der Waals surface area contributed by atoms with Crippen molar-refractivity contribution in [3.63, 3.8) is 0 Å². The van der Waals surface area contributed by atoms with Gasteiger partial charge >= 0.3 is 0 Å². The van der Waals surface area contributed by atoms with Gasteiger partial charge in [-0.2, -0.15) is 11.8 Å². The molecule has 1 unspecified atom stereocenters. The SMILES string of the molecule is CCCNc1ncnc(NCC(C)SC)c1CCC. The van der Waals surface area contributed by atoms with Crippen molar-refractivity contribution in [2.75, 3.05) is 30.0 Å². The summed E-state index contributed by atoms with van der Waals surface area (Å²) in [6, 6.07) is 0. The highest BCUT2D eigenvalue weighted by molar-refractivity contribution is 7.99. The summed E-state index contributed by atoms with van der Waals surface area (Å²) in [7, 11) is 0. The fourth-order valence-corrected chi connectivity index (χ4v) is 2.02. The zero-order valence-electron chi connectivity index (χ0n) is 12.5. The summed E-state index contributed by atoms with van der Waals surface area (Å²) in [5.41, 5.74) is 1.21. The molecule has 0 aliphatic heterocycles. The standard InChI is InChI=1S/C14H26N4S/c1-5-7-12-13(15-8-6-2)17-10-18-14(12)16-9-11(3)19-4/h10-11H,5-9H2,1-4H3,(H2,15,16,17,18). The first-order chi connectivity index (χ1) is 9.22. The van der Waals surface area contributed by atoms with Gasteiger partial charge in [0, 0.05) is 23.9 Å². The van der Waals surface area contributed by atoms with Crippen LogP contribution in [-0.4, -0.2) is 34.6 Å². The molecule has 0 amide bonds. The van der Waals surface area contributed by atoms with Crippen LogP contribution in [0.3, 0.4) is 0 Å². The van der Waals surface area contributed by atoms with Crippen LogP contribution in [0, 0.1) is 0 Å². The molecule has 108 valence electrons. The zero-order valence-corrected chi connectivity index (χ0v) is 13.3. The molecule has 1 atom stereocenters. The molecule has 0 aliphatic carbocycles. The van der Waals surface area contributed by atoms with Crippen LogP contribution in [0.15, 0.2) is 6.33 Å². The molecule has 0 radical (unpaired) electrons. The number of nitrogens with one attached hydrogen (secondary N) is 2. The molecule has 1 heterocycles. The van der Waals surface area contributed by atoms with E-state index in [0.29, 0.717) is 5.25 Å². The molecular weight excluding hydrogens is 256 g/mol. The topological polar surface area (TPSA) is 49.8 Å². The van der Waals surface area contributed by atoms with E-state index in [-0.39, 0.29) is 0 Å². The average Bonchev–Trinajstić information content (AvgIpc) is 2.44. The normalized spacial score (nSPS) is 12.2. The van der Waals surface area contributed by atoms with E-state index in [1.165, 1.54) is 5.56 Å². The molecule has 1 aromatic heterocycles. The van der Waals surface area contributed by atoms with Crippen molar-refractivity contribution in [1.82, 2.24) is 9.97 Å². The molecule has 0 fully saturated rings. The number of thioether (sulfide) groups is 1. The fraction of sp³-hybridized carbons (Fsp3) is 0.714. The Morgan fingerprint density at radius 3 is 2.42 bits per heavy atom. The van der Waals surface area contributed by atoms with Crippen molar-refractivity contribution in [1.29, 1.82) is 0 Å². The Labute approximate surface area is 121 Å². The summed E-state index contributed by atoms with van der Waals surface area (Å²) in [6.45, 7) is 8.45. The highest BCUT2D eigenvalue weighted by Crippen LogP contribution is 2.22. The largest absolute Gasteiger partial charge is 0.370 e. The van der Waals surface area contributed by atoms with Crippen LogP contribution < -0.4 is 10.6 Å². The van der Waals surface area contributed by atoms with Gasteiger partial charge in [-0.15, -0.1) is 0 Å². The van der Waals surface area contributed by atoms with Gasteiger partial charge in [-0.05, 0) is 19.1 Å². The zero-order chi connectivity index (χ0) is 14.1. The van der Waals surface area contributed by atoms with E-state index >= 15 is 0 Å². The van der Waals surface area contributed by atoms with Crippen molar-refractivity contribution in [3.05, 3.63) is 11.9 Å². The lowest BCUT2D eigenvalue weighted by Gasteiger charge is -2.16. The molecule has 4 nitrogen and oxygen atoms in total. The van der Waals surface area contributed by atoms with E-state index in [0.717, 1.165) is 44.0 Å². The highest BCUT2D eigenvalue weighted by Gasteiger charge is 2.11. The first-order valence-corrected chi connectivity index (χ1v) is 8.36. The lowest BCUT2D eigenvalue weighted by molar-refractivity contribution is 0.882. The van der Waals surface area contributed by atoms with Gasteiger partial charge in [-0.25, -0.2) is 9.97 Å². The maximum Gasteiger partial charge on any atom is 0.134 e. The second-order valence-corrected chi connectivity index (χ2v) is 5.93. The summed E-state index contributed by atoms with van der Waals surface area (Å²) in [4.78, 5) is 8.78. The van der Waals surface area contributed by atoms with Gasteiger partial charge in [-0.3, -0.25) is 0 Å². The summed E-state index contributed by atoms with van der Waals surface area (Å²) >= 11 is 1.86. The predicted octanol–water partition coefficient (Wildman–Crippen LogP) is 3.41. The average molecular weight is 282 g/mol. The van der Waals surface area contributed by atoms with E-state index in [1.54, 1.807) is 6.33 Å². The van der Waals surface area contributed by atoms with E-state index in [1.807, 2.05) is 11.8 Å². The Bertz CT molecular complexity index is 370. The van der Waals surface area contributed by atoms with Crippen molar-refractivity contribution in [3.8, 4) is 0 Å². The molecule has 0 aliphatic rings. The molecule has 1 rings (SSSR count). The molecule has 0 aromatic carbocycles. The molecule has 5 heteroatoms. The van der Waals surface area contributed by atoms with Crippen LogP contribution in [-0.2, 0) is 6.42 Å². The first kappa shape index (κ1) is 16.1. The Balaban J connectivity index is 2.82. The van der Waals surface area contributed by atoms with Gasteiger partial charge in [0.15, 0.2) is 0 Å². The molecule has 0 spiro atoms. The predicted molar refractivity (Wildman–Crippen MR) is 86.3 cm³/mol. The Kier molecular flexibility index (Phi) is 7.63. The van der Waals surface area contributed by atoms with Gasteiger partial charge in [0.25, 0.3) is 0 Å². The van der Waals surface area contributed by atoms with Crippen molar-refractivity contribution in [2.45, 2.75) is 45.3 Å². The third-order valence-corrected chi connectivity index (χ3v) is 3.92. The number of hydrogen-bond donors (Lipinski definition) is 2. The van der Waals surface area contributed by atoms with Crippen LogP contribution in [0.2, 0.25) is 0 Å². The van der Waals surface area contributed by atoms with E-state index in [9.17, 15) is 0 Å². The monoisotopic (exact) mass is 282 g/mol. The van der Waals surface area contributed by atoms with Crippen molar-refractivity contribution in [2.24, 2.45) is 0 Å². The highest BCUT2D eigenvalue weighted by atomic mass is 32.2. The van der Waals surface area contributed by atoms with Crippen molar-refractivity contribution >= 4 is 23.4 Å². The number of rotatable bonds is 9. The molecule has 1 aromatic rings. The van der Waals surface area contributed by atoms with Crippen LogP contribution in [0.4, 0.5) is 11.6 Å². The van der Waals surface area contributed by atoms with Gasteiger partial charge in [0.2, 0.25) is 0 Å². The van der Waals surface area contributed by atoms with Crippen molar-refractivity contribution < 1.29 is 0 Å². The van der Waals surface area contributed by atoms with Gasteiger partial charge in [0.05, 0.1) is 0 Å². The Morgan fingerprint density at radius 1 is 1.16 bits per heavy atom. The van der Waals surface area contributed by atoms with E-state index < -0.39 is 0 Å². The summed E-state index contributed by atoms with van der Waals surface area (Å²) in [5, 5.41) is 7.43. The molecule has 0 saturated carbocycles. The minimum Gasteiger partial charge on any atom is -0.370 e. The maximum atomic E-state index is 4.40. The van der Waals surface area contributed by atoms with Crippen LogP contribution in [0.1, 0.15) is 39.2 Å². The number of hydrogen-bond acceptors (Lipinski definition) is 5. The third kappa shape index (κ3) is 5.27. The second kappa shape index (κ2) is 9.02. The summed E-state index contributed by atoms with van der Waals surface area (Å²) in [6.07, 6.45) is 6.97. The van der Waals surface area contributed by atoms with Crippen LogP contribution >= 0.6 is 11.8 Å². The smallest absolute Gasteiger partial charge is 0.134 e. The van der Waals surface area contributed by atoms with Crippen LogP contribution in [0.25, 0.3) is 0 Å². The lowest BCUT2D eigenvalue weighted by atomic mass is 10.1. The summed E-state index contributed by atoms with van der Waals surface area (Å²) < 4.78 is 0. The van der Waals surface area contributed by atoms with Gasteiger partial charge in [-0.1, -0.05) is 27.2 Å². The molecule has 0 bridgehead atoms. The molecule has 19 heavy (non-hydrogen) atoms. The summed E-state index contributed by atoms with van der Waals surface area (Å²) in [5.74, 6) is 1.97. The number of nitrogens with zero attached hydrogens (tertiary/aromatic N) is 2. The van der Waals surface area contributed by atoms with Gasteiger partial charge < -0.3 is 10.6 Å². The third-order valence-electron chi connectivity index (χ3n) is 2.95. The molecule has 2 N–H and O–H groups in total. The lowest BCUT2D eigenvalue weighted by Crippen LogP contribution is -2.16. The molecule has 0 saturated heterocycles. The van der Waals surface area contributed by atoms with E-state index in [2.05, 4.69) is 47.6 Å². The Morgan fingerprint density at radius 2 is 1.84 bits per heavy atom. The fourth-order valence-electron chi connectivity index (χ4n) is 1.77. The number of aromatic nitrogens is 2. The van der Waals surface area contributed by atoms with Gasteiger partial charge in [0.1, 0.15) is 18.0 Å². The minimum absolute atomic E-state index is 0.580. The minimum atomic E-state index is 0.580. The molecular formula is C14H26N4S. The van der Waals surface area contributed by atoms with Crippen LogP contribution in [0.5, 0.6) is 0 Å². The number of anilines is 2. The first-order valence-electron chi connectivity index (χ1n) is 7.07. The quantitative estimate of drug-likeness (QED) is 0.727. The Hall–Kier alpha value is -0.970. The maximum absolute atomic E-state index is 4.40.